The Balaban J connectivity index is 1.49. The number of ether oxygens (including phenoxy) is 1. The molecule has 1 aliphatic heterocycles. The highest BCUT2D eigenvalue weighted by Gasteiger charge is 2.29. The summed E-state index contributed by atoms with van der Waals surface area (Å²) in [5.41, 5.74) is 7.50. The van der Waals surface area contributed by atoms with Crippen LogP contribution in [-0.4, -0.2) is 60.6 Å². The van der Waals surface area contributed by atoms with Crippen molar-refractivity contribution in [3.63, 3.8) is 0 Å². The summed E-state index contributed by atoms with van der Waals surface area (Å²) in [6.45, 7) is 2.70. The van der Waals surface area contributed by atoms with Gasteiger partial charge in [0.15, 0.2) is 0 Å². The number of carbonyl (C=O) groups is 1. The minimum atomic E-state index is -3.16. The Hall–Kier alpha value is -2.92. The van der Waals surface area contributed by atoms with Gasteiger partial charge in [0.1, 0.15) is 11.6 Å². The highest BCUT2D eigenvalue weighted by atomic mass is 32.2. The van der Waals surface area contributed by atoms with Crippen LogP contribution in [0, 0.1) is 0 Å². The molecule has 0 spiro atoms. The average Bonchev–Trinajstić information content (AvgIpc) is 3.63. The molecule has 0 bridgehead atoms. The van der Waals surface area contributed by atoms with Crippen molar-refractivity contribution in [2.24, 2.45) is 5.73 Å². The van der Waals surface area contributed by atoms with Crippen LogP contribution in [0.4, 0.5) is 17.5 Å². The quantitative estimate of drug-likeness (QED) is 0.503. The summed E-state index contributed by atoms with van der Waals surface area (Å²) in [6.07, 6.45) is 4.98. The van der Waals surface area contributed by atoms with Crippen LogP contribution >= 0.6 is 0 Å². The first-order valence-corrected chi connectivity index (χ1v) is 12.8. The maximum absolute atomic E-state index is 12.1. The third-order valence-corrected chi connectivity index (χ3v) is 8.00. The first-order valence-electron chi connectivity index (χ1n) is 11.2. The number of nitrogens with zero attached hydrogens (tertiary/aromatic N) is 3. The van der Waals surface area contributed by atoms with E-state index >= 15 is 0 Å². The predicted molar refractivity (Wildman–Crippen MR) is 126 cm³/mol. The van der Waals surface area contributed by atoms with Gasteiger partial charge in [-0.3, -0.25) is 4.79 Å². The molecule has 1 saturated heterocycles. The van der Waals surface area contributed by atoms with E-state index in [0.717, 1.165) is 42.7 Å². The van der Waals surface area contributed by atoms with E-state index in [0.29, 0.717) is 30.9 Å². The third-order valence-electron chi connectivity index (χ3n) is 6.11. The lowest BCUT2D eigenvalue weighted by atomic mass is 9.89. The number of hydrogen-bond acceptors (Lipinski definition) is 8. The van der Waals surface area contributed by atoms with Crippen molar-refractivity contribution in [1.29, 1.82) is 0 Å². The number of nitrogens with two attached hydrogens (primary N) is 1. The number of carbonyl (C=O) groups excluding carboxylic acids is 1. The van der Waals surface area contributed by atoms with Crippen LogP contribution in [0.5, 0.6) is 5.75 Å². The number of anilines is 3. The van der Waals surface area contributed by atoms with Gasteiger partial charge in [-0.15, -0.1) is 0 Å². The van der Waals surface area contributed by atoms with Crippen LogP contribution in [0.3, 0.4) is 0 Å². The largest absolute Gasteiger partial charge is 0.496 e. The molecule has 10 nitrogen and oxygen atoms in total. The summed E-state index contributed by atoms with van der Waals surface area (Å²) in [4.78, 5) is 20.3. The Morgan fingerprint density at radius 1 is 1.24 bits per heavy atom. The average molecular weight is 475 g/mol. The van der Waals surface area contributed by atoms with Crippen molar-refractivity contribution in [3.05, 3.63) is 35.5 Å². The van der Waals surface area contributed by atoms with Crippen molar-refractivity contribution in [2.45, 2.75) is 44.6 Å². The number of primary amides is 1. The molecule has 1 aromatic heterocycles. The second kappa shape index (κ2) is 9.52. The summed E-state index contributed by atoms with van der Waals surface area (Å²) >= 11 is 0. The Morgan fingerprint density at radius 3 is 2.58 bits per heavy atom. The smallest absolute Gasteiger partial charge is 0.254 e. The first kappa shape index (κ1) is 23.2. The van der Waals surface area contributed by atoms with Crippen molar-refractivity contribution in [1.82, 2.24) is 14.3 Å². The second-order valence-corrected chi connectivity index (χ2v) is 10.7. The summed E-state index contributed by atoms with van der Waals surface area (Å²) in [6, 6.07) is 6.11. The molecule has 178 valence electrons. The number of methoxy groups -OCH3 is 1. The van der Waals surface area contributed by atoms with Gasteiger partial charge < -0.3 is 21.1 Å². The molecule has 0 radical (unpaired) electrons. The molecule has 33 heavy (non-hydrogen) atoms. The lowest BCUT2D eigenvalue weighted by molar-refractivity contribution is 0.100. The van der Waals surface area contributed by atoms with E-state index in [4.69, 9.17) is 10.5 Å². The molecule has 2 heterocycles. The molecule has 11 heteroatoms. The highest BCUT2D eigenvalue weighted by molar-refractivity contribution is 7.89. The zero-order chi connectivity index (χ0) is 23.6. The third kappa shape index (κ3) is 5.36. The van der Waals surface area contributed by atoms with Crippen LogP contribution in [0.15, 0.2) is 24.4 Å². The fraction of sp³-hybridized carbons (Fsp3) is 0.500. The molecule has 0 atom stereocenters. The Bertz CT molecular complexity index is 1130. The minimum absolute atomic E-state index is 0.127. The van der Waals surface area contributed by atoms with Gasteiger partial charge in [-0.25, -0.2) is 17.7 Å². The summed E-state index contributed by atoms with van der Waals surface area (Å²) in [5, 5.41) is 6.38. The van der Waals surface area contributed by atoms with Gasteiger partial charge in [0.2, 0.25) is 16.0 Å². The van der Waals surface area contributed by atoms with Gasteiger partial charge in [0.05, 0.1) is 18.4 Å². The van der Waals surface area contributed by atoms with Crippen molar-refractivity contribution in [2.75, 3.05) is 36.6 Å². The van der Waals surface area contributed by atoms with Crippen molar-refractivity contribution in [3.8, 4) is 5.75 Å². The normalized spacial score (nSPS) is 17.5. The Morgan fingerprint density at radius 2 is 1.97 bits per heavy atom. The number of nitrogens with one attached hydrogen (secondary N) is 2. The topological polar surface area (TPSA) is 140 Å². The second-order valence-electron chi connectivity index (χ2n) is 8.39. The maximum atomic E-state index is 12.1. The highest BCUT2D eigenvalue weighted by Crippen LogP contribution is 2.37. The molecular formula is C22H30N6O4S. The number of hydrogen-bond donors (Lipinski definition) is 3. The molecule has 4 rings (SSSR count). The van der Waals surface area contributed by atoms with Gasteiger partial charge in [0.25, 0.3) is 5.91 Å². The van der Waals surface area contributed by atoms with Gasteiger partial charge in [0, 0.05) is 37.1 Å². The number of sulfonamides is 1. The minimum Gasteiger partial charge on any atom is -0.496 e. The monoisotopic (exact) mass is 474 g/mol. The zero-order valence-corrected chi connectivity index (χ0v) is 19.7. The maximum Gasteiger partial charge on any atom is 0.254 e. The summed E-state index contributed by atoms with van der Waals surface area (Å²) in [5.74, 6) is 1.27. The van der Waals surface area contributed by atoms with Gasteiger partial charge in [-0.2, -0.15) is 4.98 Å². The number of benzene rings is 1. The lowest BCUT2D eigenvalue weighted by Crippen LogP contribution is -2.38. The van der Waals surface area contributed by atoms with Crippen LogP contribution in [-0.2, 0) is 10.0 Å². The van der Waals surface area contributed by atoms with E-state index in [9.17, 15) is 13.2 Å². The van der Waals surface area contributed by atoms with Gasteiger partial charge in [-0.1, -0.05) is 6.07 Å². The predicted octanol–water partition coefficient (Wildman–Crippen LogP) is 2.43. The van der Waals surface area contributed by atoms with Crippen LogP contribution < -0.4 is 21.1 Å². The van der Waals surface area contributed by atoms with E-state index < -0.39 is 15.9 Å². The molecular weight excluding hydrogens is 444 g/mol. The number of rotatable bonds is 9. The van der Waals surface area contributed by atoms with Gasteiger partial charge >= 0.3 is 0 Å². The first-order chi connectivity index (χ1) is 15.8. The molecule has 2 aromatic rings. The van der Waals surface area contributed by atoms with Crippen molar-refractivity contribution < 1.29 is 17.9 Å². The van der Waals surface area contributed by atoms with Gasteiger partial charge in [-0.05, 0) is 50.2 Å². The fourth-order valence-corrected chi connectivity index (χ4v) is 5.17. The summed E-state index contributed by atoms with van der Waals surface area (Å²) in [7, 11) is -1.54. The molecule has 1 amide bonds. The SMILES string of the molecule is CCS(=O)(=O)N1CCC(c2ccc(Nc3ncc(C(N)=O)c(NC4CC4)n3)cc2OC)CC1. The molecule has 2 fully saturated rings. The molecule has 4 N–H and O–H groups in total. The van der Waals surface area contributed by atoms with Crippen molar-refractivity contribution >= 4 is 33.4 Å². The molecule has 2 aliphatic rings. The molecule has 1 saturated carbocycles. The lowest BCUT2D eigenvalue weighted by Gasteiger charge is -2.31. The van der Waals surface area contributed by atoms with E-state index in [-0.39, 0.29) is 17.2 Å². The van der Waals surface area contributed by atoms with Crippen LogP contribution in [0.1, 0.15) is 54.4 Å². The van der Waals surface area contributed by atoms with E-state index in [1.165, 1.54) is 6.20 Å². The number of aromatic nitrogens is 2. The standard InChI is InChI=1S/C22H30N6O4S/c1-3-33(30,31)28-10-8-14(9-11-28)17-7-6-16(12-19(17)32-2)26-22-24-13-18(20(23)29)21(27-22)25-15-4-5-15/h6-7,12-15H,3-5,8-11H2,1-2H3,(H2,23,29)(H2,24,25,26,27). The van der Waals surface area contributed by atoms with E-state index in [2.05, 4.69) is 20.6 Å². The van der Waals surface area contributed by atoms with E-state index in [1.807, 2.05) is 18.2 Å². The zero-order valence-electron chi connectivity index (χ0n) is 18.9. The Labute approximate surface area is 194 Å². The Kier molecular flexibility index (Phi) is 6.71. The number of amides is 1. The van der Waals surface area contributed by atoms with E-state index in [1.54, 1.807) is 18.3 Å². The fourth-order valence-electron chi connectivity index (χ4n) is 4.04. The molecule has 1 aliphatic carbocycles. The van der Waals surface area contributed by atoms with Crippen LogP contribution in [0.25, 0.3) is 0 Å². The van der Waals surface area contributed by atoms with Crippen LogP contribution in [0.2, 0.25) is 0 Å². The molecule has 1 aromatic carbocycles. The number of piperidine rings is 1. The summed E-state index contributed by atoms with van der Waals surface area (Å²) < 4.78 is 31.5. The molecule has 0 unspecified atom stereocenters.